The Morgan fingerprint density at radius 1 is 1.17 bits per heavy atom. The number of rotatable bonds is 3. The maximum atomic E-state index is 12.3. The Balaban J connectivity index is 1.89. The van der Waals surface area contributed by atoms with Gasteiger partial charge in [-0.1, -0.05) is 37.3 Å². The van der Waals surface area contributed by atoms with Crippen LogP contribution in [0.1, 0.15) is 38.2 Å². The standard InChI is InChI=1S/C16H23NO/c1-13-8-10-15(11-9-13)16(18)17(2)12-14-6-4-3-5-7-14/h3-7,13,15H,8-12H2,1-2H3. The lowest BCUT2D eigenvalue weighted by Crippen LogP contribution is -2.34. The number of amides is 1. The molecule has 0 heterocycles. The van der Waals surface area contributed by atoms with Crippen molar-refractivity contribution in [3.05, 3.63) is 35.9 Å². The first-order valence-electron chi connectivity index (χ1n) is 6.95. The quantitative estimate of drug-likeness (QED) is 0.798. The van der Waals surface area contributed by atoms with Gasteiger partial charge in [0, 0.05) is 19.5 Å². The van der Waals surface area contributed by atoms with Crippen molar-refractivity contribution < 1.29 is 4.79 Å². The molecule has 0 aliphatic heterocycles. The van der Waals surface area contributed by atoms with Crippen LogP contribution in [-0.2, 0) is 11.3 Å². The summed E-state index contributed by atoms with van der Waals surface area (Å²) < 4.78 is 0. The predicted octanol–water partition coefficient (Wildman–Crippen LogP) is 3.47. The molecule has 1 aromatic carbocycles. The van der Waals surface area contributed by atoms with Gasteiger partial charge in [-0.05, 0) is 37.2 Å². The second kappa shape index (κ2) is 6.03. The summed E-state index contributed by atoms with van der Waals surface area (Å²) in [6, 6.07) is 10.2. The molecule has 0 unspecified atom stereocenters. The summed E-state index contributed by atoms with van der Waals surface area (Å²) in [5.74, 6) is 1.38. The van der Waals surface area contributed by atoms with Crippen LogP contribution in [0, 0.1) is 11.8 Å². The Kier molecular flexibility index (Phi) is 4.40. The number of nitrogens with zero attached hydrogens (tertiary/aromatic N) is 1. The molecule has 0 bridgehead atoms. The number of carbonyl (C=O) groups is 1. The Bertz CT molecular complexity index is 379. The lowest BCUT2D eigenvalue weighted by molar-refractivity contribution is -0.136. The minimum absolute atomic E-state index is 0.259. The third-order valence-electron chi connectivity index (χ3n) is 4.00. The van der Waals surface area contributed by atoms with Gasteiger partial charge in [0.15, 0.2) is 0 Å². The minimum Gasteiger partial charge on any atom is -0.341 e. The van der Waals surface area contributed by atoms with E-state index in [0.717, 1.165) is 25.3 Å². The average molecular weight is 245 g/mol. The smallest absolute Gasteiger partial charge is 0.225 e. The maximum Gasteiger partial charge on any atom is 0.225 e. The molecule has 1 aliphatic carbocycles. The zero-order valence-electron chi connectivity index (χ0n) is 11.4. The highest BCUT2D eigenvalue weighted by Gasteiger charge is 2.26. The molecule has 1 saturated carbocycles. The van der Waals surface area contributed by atoms with Crippen molar-refractivity contribution >= 4 is 5.91 Å². The fourth-order valence-electron chi connectivity index (χ4n) is 2.75. The highest BCUT2D eigenvalue weighted by atomic mass is 16.2. The molecule has 0 atom stereocenters. The normalized spacial score (nSPS) is 23.7. The summed E-state index contributed by atoms with van der Waals surface area (Å²) in [7, 11) is 1.92. The molecule has 18 heavy (non-hydrogen) atoms. The van der Waals surface area contributed by atoms with Gasteiger partial charge in [0.1, 0.15) is 0 Å². The Labute approximate surface area is 110 Å². The third-order valence-corrected chi connectivity index (χ3v) is 4.00. The topological polar surface area (TPSA) is 20.3 Å². The van der Waals surface area contributed by atoms with Gasteiger partial charge in [0.05, 0.1) is 0 Å². The molecule has 0 aromatic heterocycles. The molecule has 98 valence electrons. The van der Waals surface area contributed by atoms with Crippen LogP contribution in [0.15, 0.2) is 30.3 Å². The Morgan fingerprint density at radius 2 is 1.78 bits per heavy atom. The van der Waals surface area contributed by atoms with Crippen molar-refractivity contribution in [1.82, 2.24) is 4.90 Å². The van der Waals surface area contributed by atoms with Crippen LogP contribution in [-0.4, -0.2) is 17.9 Å². The van der Waals surface area contributed by atoms with Gasteiger partial charge in [-0.25, -0.2) is 0 Å². The van der Waals surface area contributed by atoms with Crippen LogP contribution in [0.2, 0.25) is 0 Å². The summed E-state index contributed by atoms with van der Waals surface area (Å²) in [4.78, 5) is 14.2. The molecule has 1 aromatic rings. The molecule has 0 saturated heterocycles. The van der Waals surface area contributed by atoms with Gasteiger partial charge in [-0.3, -0.25) is 4.79 Å². The van der Waals surface area contributed by atoms with E-state index in [9.17, 15) is 4.79 Å². The van der Waals surface area contributed by atoms with E-state index in [-0.39, 0.29) is 5.92 Å². The zero-order chi connectivity index (χ0) is 13.0. The predicted molar refractivity (Wildman–Crippen MR) is 74.0 cm³/mol. The zero-order valence-corrected chi connectivity index (χ0v) is 11.4. The van der Waals surface area contributed by atoms with Crippen LogP contribution in [0.25, 0.3) is 0 Å². The SMILES string of the molecule is CC1CCC(C(=O)N(C)Cc2ccccc2)CC1. The molecular weight excluding hydrogens is 222 g/mol. The molecule has 2 heteroatoms. The number of hydrogen-bond donors (Lipinski definition) is 0. The lowest BCUT2D eigenvalue weighted by atomic mass is 9.82. The van der Waals surface area contributed by atoms with Crippen molar-refractivity contribution in [3.63, 3.8) is 0 Å². The monoisotopic (exact) mass is 245 g/mol. The van der Waals surface area contributed by atoms with E-state index in [1.165, 1.54) is 18.4 Å². The van der Waals surface area contributed by atoms with Crippen LogP contribution in [0.4, 0.5) is 0 Å². The van der Waals surface area contributed by atoms with Gasteiger partial charge in [0.2, 0.25) is 5.91 Å². The molecule has 0 spiro atoms. The highest BCUT2D eigenvalue weighted by Crippen LogP contribution is 2.29. The lowest BCUT2D eigenvalue weighted by Gasteiger charge is -2.29. The molecule has 2 rings (SSSR count). The largest absolute Gasteiger partial charge is 0.341 e. The van der Waals surface area contributed by atoms with Crippen LogP contribution < -0.4 is 0 Å². The van der Waals surface area contributed by atoms with Crippen LogP contribution in [0.5, 0.6) is 0 Å². The average Bonchev–Trinajstić information content (AvgIpc) is 2.40. The minimum atomic E-state index is 0.259. The Morgan fingerprint density at radius 3 is 2.39 bits per heavy atom. The van der Waals surface area contributed by atoms with Crippen molar-refractivity contribution in [2.75, 3.05) is 7.05 Å². The molecule has 1 amide bonds. The molecular formula is C16H23NO. The molecule has 0 radical (unpaired) electrons. The fraction of sp³-hybridized carbons (Fsp3) is 0.562. The number of carbonyl (C=O) groups excluding carboxylic acids is 1. The van der Waals surface area contributed by atoms with Crippen molar-refractivity contribution in [1.29, 1.82) is 0 Å². The summed E-state index contributed by atoms with van der Waals surface area (Å²) in [5.41, 5.74) is 1.21. The van der Waals surface area contributed by atoms with Gasteiger partial charge in [0.25, 0.3) is 0 Å². The first kappa shape index (κ1) is 13.1. The summed E-state index contributed by atoms with van der Waals surface area (Å²) in [6.07, 6.45) is 4.55. The summed E-state index contributed by atoms with van der Waals surface area (Å²) >= 11 is 0. The highest BCUT2D eigenvalue weighted by molar-refractivity contribution is 5.78. The molecule has 2 nitrogen and oxygen atoms in total. The van der Waals surface area contributed by atoms with E-state index in [0.29, 0.717) is 5.91 Å². The molecule has 0 N–H and O–H groups in total. The third kappa shape index (κ3) is 3.34. The number of hydrogen-bond acceptors (Lipinski definition) is 1. The van der Waals surface area contributed by atoms with Crippen LogP contribution >= 0.6 is 0 Å². The van der Waals surface area contributed by atoms with Crippen molar-refractivity contribution in [2.24, 2.45) is 11.8 Å². The van der Waals surface area contributed by atoms with Gasteiger partial charge in [-0.15, -0.1) is 0 Å². The van der Waals surface area contributed by atoms with Gasteiger partial charge < -0.3 is 4.90 Å². The van der Waals surface area contributed by atoms with E-state index in [2.05, 4.69) is 19.1 Å². The van der Waals surface area contributed by atoms with Gasteiger partial charge in [-0.2, -0.15) is 0 Å². The molecule has 1 aliphatic rings. The fourth-order valence-corrected chi connectivity index (χ4v) is 2.75. The summed E-state index contributed by atoms with van der Waals surface area (Å²) in [6.45, 7) is 3.01. The molecule has 1 fully saturated rings. The van der Waals surface area contributed by atoms with Crippen molar-refractivity contribution in [2.45, 2.75) is 39.2 Å². The van der Waals surface area contributed by atoms with Crippen molar-refractivity contribution in [3.8, 4) is 0 Å². The van der Waals surface area contributed by atoms with E-state index < -0.39 is 0 Å². The Hall–Kier alpha value is -1.31. The maximum absolute atomic E-state index is 12.3. The van der Waals surface area contributed by atoms with E-state index in [4.69, 9.17) is 0 Å². The van der Waals surface area contributed by atoms with Gasteiger partial charge >= 0.3 is 0 Å². The number of benzene rings is 1. The van der Waals surface area contributed by atoms with E-state index in [1.54, 1.807) is 0 Å². The van der Waals surface area contributed by atoms with E-state index >= 15 is 0 Å². The first-order chi connectivity index (χ1) is 8.66. The second-order valence-electron chi connectivity index (χ2n) is 5.64. The second-order valence-corrected chi connectivity index (χ2v) is 5.64. The van der Waals surface area contributed by atoms with E-state index in [1.807, 2.05) is 30.1 Å². The first-order valence-corrected chi connectivity index (χ1v) is 6.95. The van der Waals surface area contributed by atoms with Crippen LogP contribution in [0.3, 0.4) is 0 Å². The summed E-state index contributed by atoms with van der Waals surface area (Å²) in [5, 5.41) is 0.